The third-order valence-corrected chi connectivity index (χ3v) is 4.43. The van der Waals surface area contributed by atoms with Gasteiger partial charge in [-0.3, -0.25) is 4.79 Å². The Morgan fingerprint density at radius 1 is 1.19 bits per heavy atom. The molecule has 0 bridgehead atoms. The highest BCUT2D eigenvalue weighted by Crippen LogP contribution is 2.30. The summed E-state index contributed by atoms with van der Waals surface area (Å²) in [4.78, 5) is 22.6. The van der Waals surface area contributed by atoms with Gasteiger partial charge in [0.05, 0.1) is 10.7 Å². The van der Waals surface area contributed by atoms with Gasteiger partial charge in [-0.05, 0) is 64.0 Å². The van der Waals surface area contributed by atoms with Crippen LogP contribution < -0.4 is 10.2 Å². The van der Waals surface area contributed by atoms with Gasteiger partial charge in [0.2, 0.25) is 0 Å². The van der Waals surface area contributed by atoms with Crippen molar-refractivity contribution in [2.75, 3.05) is 6.61 Å². The fourth-order valence-electron chi connectivity index (χ4n) is 2.20. The molecule has 0 spiro atoms. The molecular formula is C18H12Br2N2O5. The van der Waals surface area contributed by atoms with Crippen molar-refractivity contribution in [2.45, 2.75) is 0 Å². The lowest BCUT2D eigenvalue weighted by Gasteiger charge is -2.02. The third kappa shape index (κ3) is 4.95. The molecule has 7 nitrogen and oxygen atoms in total. The molecule has 1 aromatic heterocycles. The summed E-state index contributed by atoms with van der Waals surface area (Å²) in [5, 5.41) is 13.2. The number of furan rings is 1. The van der Waals surface area contributed by atoms with E-state index in [1.807, 2.05) is 12.1 Å². The maximum Gasteiger partial charge on any atom is 0.341 e. The zero-order valence-electron chi connectivity index (χ0n) is 13.6. The van der Waals surface area contributed by atoms with Gasteiger partial charge in [-0.15, -0.1) is 0 Å². The molecular weight excluding hydrogens is 484 g/mol. The van der Waals surface area contributed by atoms with Gasteiger partial charge >= 0.3 is 11.9 Å². The van der Waals surface area contributed by atoms with E-state index >= 15 is 0 Å². The second-order valence-corrected chi connectivity index (χ2v) is 7.14. The Hall–Kier alpha value is -2.65. The molecule has 0 saturated heterocycles. The van der Waals surface area contributed by atoms with Gasteiger partial charge in [-0.25, -0.2) is 10.2 Å². The van der Waals surface area contributed by atoms with E-state index in [1.54, 1.807) is 30.3 Å². The van der Waals surface area contributed by atoms with Crippen LogP contribution in [0.15, 0.2) is 60.9 Å². The smallest absolute Gasteiger partial charge is 0.341 e. The number of carbonyl (C=O) groups is 2. The van der Waals surface area contributed by atoms with Crippen molar-refractivity contribution in [1.82, 2.24) is 5.43 Å². The SMILES string of the molecule is O=C(O)COc1ccc(/C=N\NC(=O)c2cc3cc(Br)cc(Br)c3o2)cc1. The normalized spacial score (nSPS) is 11.0. The standard InChI is InChI=1S/C18H12Br2N2O5/c19-12-5-11-6-15(27-17(11)14(20)7-12)18(25)22-21-8-10-1-3-13(4-2-10)26-9-16(23)24/h1-8H,9H2,(H,22,25)(H,23,24)/b21-8-. The maximum absolute atomic E-state index is 12.2. The van der Waals surface area contributed by atoms with Gasteiger partial charge in [0.25, 0.3) is 0 Å². The first-order valence-electron chi connectivity index (χ1n) is 7.59. The fraction of sp³-hybridized carbons (Fsp3) is 0.0556. The number of rotatable bonds is 6. The molecule has 0 unspecified atom stereocenters. The highest BCUT2D eigenvalue weighted by atomic mass is 79.9. The first-order valence-corrected chi connectivity index (χ1v) is 9.17. The molecule has 9 heteroatoms. The topological polar surface area (TPSA) is 101 Å². The van der Waals surface area contributed by atoms with Crippen LogP contribution in [0.1, 0.15) is 16.1 Å². The molecule has 0 aliphatic carbocycles. The lowest BCUT2D eigenvalue weighted by molar-refractivity contribution is -0.139. The predicted molar refractivity (Wildman–Crippen MR) is 106 cm³/mol. The molecule has 3 aromatic rings. The third-order valence-electron chi connectivity index (χ3n) is 3.38. The van der Waals surface area contributed by atoms with Crippen molar-refractivity contribution < 1.29 is 23.8 Å². The molecule has 2 N–H and O–H groups in total. The average Bonchev–Trinajstić information content (AvgIpc) is 3.05. The second kappa shape index (κ2) is 8.36. The summed E-state index contributed by atoms with van der Waals surface area (Å²) in [6.07, 6.45) is 1.45. The highest BCUT2D eigenvalue weighted by Gasteiger charge is 2.14. The summed E-state index contributed by atoms with van der Waals surface area (Å²) >= 11 is 6.78. The molecule has 1 heterocycles. The Balaban J connectivity index is 1.63. The van der Waals surface area contributed by atoms with E-state index in [1.165, 1.54) is 6.21 Å². The van der Waals surface area contributed by atoms with E-state index < -0.39 is 18.5 Å². The van der Waals surface area contributed by atoms with E-state index in [4.69, 9.17) is 14.3 Å². The molecule has 0 fully saturated rings. The summed E-state index contributed by atoms with van der Waals surface area (Å²) in [6.45, 7) is -0.409. The number of hydrogen-bond acceptors (Lipinski definition) is 5. The molecule has 0 radical (unpaired) electrons. The van der Waals surface area contributed by atoms with Crippen LogP contribution in [0.4, 0.5) is 0 Å². The van der Waals surface area contributed by atoms with Crippen LogP contribution in [0.5, 0.6) is 5.75 Å². The van der Waals surface area contributed by atoms with E-state index in [9.17, 15) is 9.59 Å². The van der Waals surface area contributed by atoms with E-state index in [0.717, 1.165) is 14.3 Å². The molecule has 27 heavy (non-hydrogen) atoms. The molecule has 3 rings (SSSR count). The Bertz CT molecular complexity index is 1030. The van der Waals surface area contributed by atoms with Gasteiger partial charge in [-0.2, -0.15) is 5.10 Å². The van der Waals surface area contributed by atoms with Gasteiger partial charge in [0, 0.05) is 9.86 Å². The number of carboxylic acids is 1. The van der Waals surface area contributed by atoms with Crippen molar-refractivity contribution in [3.05, 3.63) is 62.7 Å². The minimum atomic E-state index is -1.05. The summed E-state index contributed by atoms with van der Waals surface area (Å²) in [7, 11) is 0. The fourth-order valence-corrected chi connectivity index (χ4v) is 3.54. The summed E-state index contributed by atoms with van der Waals surface area (Å²) in [5.74, 6) is -0.962. The lowest BCUT2D eigenvalue weighted by Crippen LogP contribution is -2.16. The number of benzene rings is 2. The second-order valence-electron chi connectivity index (χ2n) is 5.37. The maximum atomic E-state index is 12.2. The molecule has 0 saturated carbocycles. The number of halogens is 2. The Kier molecular flexibility index (Phi) is 5.92. The van der Waals surface area contributed by atoms with Crippen LogP contribution in [0.2, 0.25) is 0 Å². The molecule has 0 aliphatic heterocycles. The van der Waals surface area contributed by atoms with E-state index in [0.29, 0.717) is 16.9 Å². The molecule has 138 valence electrons. The monoisotopic (exact) mass is 494 g/mol. The Morgan fingerprint density at radius 2 is 1.93 bits per heavy atom. The van der Waals surface area contributed by atoms with Crippen molar-refractivity contribution in [2.24, 2.45) is 5.10 Å². The molecule has 0 aliphatic rings. The number of amides is 1. The summed E-state index contributed by atoms with van der Waals surface area (Å²) in [6, 6.07) is 11.9. The molecule has 0 atom stereocenters. The molecule has 2 aromatic carbocycles. The Morgan fingerprint density at radius 3 is 2.63 bits per heavy atom. The van der Waals surface area contributed by atoms with Crippen LogP contribution in [0, 0.1) is 0 Å². The zero-order chi connectivity index (χ0) is 19.4. The van der Waals surface area contributed by atoms with Gasteiger partial charge < -0.3 is 14.3 Å². The van der Waals surface area contributed by atoms with Crippen molar-refractivity contribution in [3.63, 3.8) is 0 Å². The van der Waals surface area contributed by atoms with E-state index in [-0.39, 0.29) is 5.76 Å². The number of carboxylic acid groups (broad SMARTS) is 1. The number of hydrazone groups is 1. The largest absolute Gasteiger partial charge is 0.482 e. The van der Waals surface area contributed by atoms with Crippen LogP contribution in [-0.2, 0) is 4.79 Å². The van der Waals surface area contributed by atoms with Gasteiger partial charge in [0.15, 0.2) is 12.4 Å². The highest BCUT2D eigenvalue weighted by molar-refractivity contribution is 9.11. The Labute approximate surface area is 170 Å². The first-order chi connectivity index (χ1) is 12.9. The average molecular weight is 496 g/mol. The van der Waals surface area contributed by atoms with Crippen LogP contribution in [0.25, 0.3) is 11.0 Å². The van der Waals surface area contributed by atoms with E-state index in [2.05, 4.69) is 42.4 Å². The van der Waals surface area contributed by atoms with Crippen molar-refractivity contribution in [1.29, 1.82) is 0 Å². The van der Waals surface area contributed by atoms with Crippen LogP contribution in [-0.4, -0.2) is 29.8 Å². The summed E-state index contributed by atoms with van der Waals surface area (Å²) < 4.78 is 12.2. The summed E-state index contributed by atoms with van der Waals surface area (Å²) in [5.41, 5.74) is 3.67. The van der Waals surface area contributed by atoms with Crippen molar-refractivity contribution >= 4 is 60.9 Å². The molecule has 1 amide bonds. The number of ether oxygens (including phenoxy) is 1. The minimum Gasteiger partial charge on any atom is -0.482 e. The number of carbonyl (C=O) groups excluding carboxylic acids is 1. The number of nitrogens with zero attached hydrogens (tertiary/aromatic N) is 1. The number of nitrogens with one attached hydrogen (secondary N) is 1. The predicted octanol–water partition coefficient (Wildman–Crippen LogP) is 4.19. The van der Waals surface area contributed by atoms with Crippen molar-refractivity contribution in [3.8, 4) is 5.75 Å². The number of hydrogen-bond donors (Lipinski definition) is 2. The number of fused-ring (bicyclic) bond motifs is 1. The zero-order valence-corrected chi connectivity index (χ0v) is 16.8. The van der Waals surface area contributed by atoms with Gasteiger partial charge in [0.1, 0.15) is 11.3 Å². The van der Waals surface area contributed by atoms with Crippen LogP contribution in [0.3, 0.4) is 0 Å². The quantitative estimate of drug-likeness (QED) is 0.394. The number of aliphatic carboxylic acids is 1. The lowest BCUT2D eigenvalue weighted by atomic mass is 10.2. The first kappa shape index (κ1) is 19.1. The van der Waals surface area contributed by atoms with Crippen LogP contribution >= 0.6 is 31.9 Å². The van der Waals surface area contributed by atoms with Gasteiger partial charge in [-0.1, -0.05) is 15.9 Å². The minimum absolute atomic E-state index is 0.137.